The molecule has 29 heavy (non-hydrogen) atoms. The molecule has 2 amide bonds. The number of rotatable bonds is 5. The highest BCUT2D eigenvalue weighted by atomic mass is 79.9. The van der Waals surface area contributed by atoms with Crippen LogP contribution in [0.3, 0.4) is 0 Å². The van der Waals surface area contributed by atoms with Gasteiger partial charge in [-0.05, 0) is 42.5 Å². The summed E-state index contributed by atoms with van der Waals surface area (Å²) in [6.07, 6.45) is 5.03. The van der Waals surface area contributed by atoms with Gasteiger partial charge in [-0.3, -0.25) is 14.4 Å². The minimum absolute atomic E-state index is 0.151. The van der Waals surface area contributed by atoms with Crippen LogP contribution in [-0.4, -0.2) is 24.2 Å². The van der Waals surface area contributed by atoms with Crippen LogP contribution in [0.1, 0.15) is 16.8 Å². The summed E-state index contributed by atoms with van der Waals surface area (Å²) in [5, 5.41) is 0. The van der Waals surface area contributed by atoms with Gasteiger partial charge in [0.2, 0.25) is 11.8 Å². The van der Waals surface area contributed by atoms with Crippen LogP contribution in [-0.2, 0) is 9.59 Å². The number of fused-ring (bicyclic) bond motifs is 5. The van der Waals surface area contributed by atoms with Crippen molar-refractivity contribution in [3.8, 4) is 5.75 Å². The highest BCUT2D eigenvalue weighted by Crippen LogP contribution is 2.53. The fraction of sp³-hybridized carbons (Fsp3) is 0.261. The van der Waals surface area contributed by atoms with E-state index in [1.165, 1.54) is 4.90 Å². The molecule has 2 bridgehead atoms. The van der Waals surface area contributed by atoms with E-state index in [9.17, 15) is 14.4 Å². The lowest BCUT2D eigenvalue weighted by Crippen LogP contribution is -2.33. The zero-order valence-electron chi connectivity index (χ0n) is 15.5. The number of halogens is 1. The van der Waals surface area contributed by atoms with E-state index in [-0.39, 0.29) is 47.9 Å². The molecular formula is C23H18BrNO4. The summed E-state index contributed by atoms with van der Waals surface area (Å²) in [4.78, 5) is 39.9. The molecule has 2 aromatic rings. The van der Waals surface area contributed by atoms with E-state index in [1.54, 1.807) is 48.5 Å². The number of imide groups is 1. The number of hydrogen-bond donors (Lipinski definition) is 0. The van der Waals surface area contributed by atoms with Crippen LogP contribution in [0.5, 0.6) is 5.75 Å². The van der Waals surface area contributed by atoms with E-state index in [2.05, 4.69) is 28.1 Å². The molecule has 1 saturated heterocycles. The molecule has 0 N–H and O–H groups in total. The molecule has 2 aromatic carbocycles. The van der Waals surface area contributed by atoms with Gasteiger partial charge in [0.15, 0.2) is 12.4 Å². The Kier molecular flexibility index (Phi) is 4.39. The van der Waals surface area contributed by atoms with E-state index < -0.39 is 0 Å². The summed E-state index contributed by atoms with van der Waals surface area (Å²) in [6, 6.07) is 13.9. The highest BCUT2D eigenvalue weighted by molar-refractivity contribution is 9.10. The third-order valence-corrected chi connectivity index (χ3v) is 6.63. The van der Waals surface area contributed by atoms with Gasteiger partial charge in [0.05, 0.1) is 17.5 Å². The van der Waals surface area contributed by atoms with Gasteiger partial charge in [0.1, 0.15) is 5.75 Å². The summed E-state index contributed by atoms with van der Waals surface area (Å²) < 4.78 is 6.65. The topological polar surface area (TPSA) is 63.7 Å². The molecule has 3 aliphatic rings. The second-order valence-electron chi connectivity index (χ2n) is 7.70. The van der Waals surface area contributed by atoms with Crippen molar-refractivity contribution in [2.45, 2.75) is 6.42 Å². The lowest BCUT2D eigenvalue weighted by molar-refractivity contribution is -0.123. The Morgan fingerprint density at radius 1 is 0.966 bits per heavy atom. The van der Waals surface area contributed by atoms with Gasteiger partial charge in [-0.25, -0.2) is 4.90 Å². The van der Waals surface area contributed by atoms with E-state index >= 15 is 0 Å². The van der Waals surface area contributed by atoms with Gasteiger partial charge in [-0.1, -0.05) is 52.3 Å². The van der Waals surface area contributed by atoms with Gasteiger partial charge >= 0.3 is 0 Å². The first-order valence-electron chi connectivity index (χ1n) is 9.61. The average molecular weight is 452 g/mol. The predicted molar refractivity (Wildman–Crippen MR) is 111 cm³/mol. The molecule has 1 aliphatic heterocycles. The Morgan fingerprint density at radius 2 is 1.59 bits per heavy atom. The molecule has 4 atom stereocenters. The van der Waals surface area contributed by atoms with E-state index in [4.69, 9.17) is 4.74 Å². The van der Waals surface area contributed by atoms with Crippen LogP contribution in [0, 0.1) is 23.7 Å². The highest BCUT2D eigenvalue weighted by Gasteiger charge is 2.59. The predicted octanol–water partition coefficient (Wildman–Crippen LogP) is 4.02. The third-order valence-electron chi connectivity index (χ3n) is 6.10. The van der Waals surface area contributed by atoms with Crippen LogP contribution in [0.4, 0.5) is 5.69 Å². The third kappa shape index (κ3) is 2.94. The normalized spacial score (nSPS) is 26.9. The number of carbonyl (C=O) groups excluding carboxylic acids is 3. The summed E-state index contributed by atoms with van der Waals surface area (Å²) in [7, 11) is 0. The molecule has 5 rings (SSSR count). The number of ketones is 1. The standard InChI is InChI=1S/C23H18BrNO4/c24-16-9-7-13(8-10-16)18(26)12-29-19-4-2-1-3-17(19)25-22(27)20-14-5-6-15(11-14)21(20)23(25)28/h1-10,14-15,20-21H,11-12H2/t14-,15+,20-,21-/m0/s1. The van der Waals surface area contributed by atoms with Crippen LogP contribution in [0.2, 0.25) is 0 Å². The van der Waals surface area contributed by atoms with Crippen molar-refractivity contribution in [2.24, 2.45) is 23.7 Å². The quantitative estimate of drug-likeness (QED) is 0.391. The maximum atomic E-state index is 13.1. The van der Waals surface area contributed by atoms with Gasteiger partial charge in [0, 0.05) is 10.0 Å². The summed E-state index contributed by atoms with van der Waals surface area (Å²) in [6.45, 7) is -0.172. The first kappa shape index (κ1) is 18.3. The number of amides is 2. The number of Topliss-reactive ketones (excluding diaryl/α,β-unsaturated/α-hetero) is 1. The number of para-hydroxylation sites is 2. The SMILES string of the molecule is O=C(COc1ccccc1N1C(=O)[C@@H]2[C@@H](C1=O)[C@H]1C=C[C@@H]2C1)c1ccc(Br)cc1. The van der Waals surface area contributed by atoms with E-state index in [0.717, 1.165) is 10.9 Å². The Labute approximate surface area is 176 Å². The number of carbonyl (C=O) groups is 3. The van der Waals surface area contributed by atoms with Crippen molar-refractivity contribution >= 4 is 39.2 Å². The molecule has 2 aliphatic carbocycles. The zero-order valence-corrected chi connectivity index (χ0v) is 17.0. The van der Waals surface area contributed by atoms with Crippen molar-refractivity contribution in [1.29, 1.82) is 0 Å². The van der Waals surface area contributed by atoms with Crippen LogP contribution in [0.15, 0.2) is 65.2 Å². The molecule has 0 radical (unpaired) electrons. The zero-order chi connectivity index (χ0) is 20.1. The molecule has 6 heteroatoms. The van der Waals surface area contributed by atoms with Crippen LogP contribution < -0.4 is 9.64 Å². The fourth-order valence-electron chi connectivity index (χ4n) is 4.77. The Bertz CT molecular complexity index is 1020. The molecule has 5 nitrogen and oxygen atoms in total. The molecule has 0 aromatic heterocycles. The lowest BCUT2D eigenvalue weighted by atomic mass is 9.85. The summed E-state index contributed by atoms with van der Waals surface area (Å²) in [5.74, 6) is -0.369. The molecule has 1 heterocycles. The second-order valence-corrected chi connectivity index (χ2v) is 8.61. The van der Waals surface area contributed by atoms with Crippen molar-refractivity contribution in [3.63, 3.8) is 0 Å². The number of allylic oxidation sites excluding steroid dienone is 2. The minimum Gasteiger partial charge on any atom is -0.483 e. The summed E-state index contributed by atoms with van der Waals surface area (Å²) >= 11 is 3.35. The molecule has 0 unspecified atom stereocenters. The molecule has 2 fully saturated rings. The Morgan fingerprint density at radius 3 is 2.24 bits per heavy atom. The smallest absolute Gasteiger partial charge is 0.238 e. The lowest BCUT2D eigenvalue weighted by Gasteiger charge is -2.20. The largest absolute Gasteiger partial charge is 0.483 e. The minimum atomic E-state index is -0.269. The van der Waals surface area contributed by atoms with Crippen LogP contribution >= 0.6 is 15.9 Å². The maximum absolute atomic E-state index is 13.1. The monoisotopic (exact) mass is 451 g/mol. The second kappa shape index (κ2) is 6.95. The molecule has 1 saturated carbocycles. The number of anilines is 1. The molecular weight excluding hydrogens is 434 g/mol. The van der Waals surface area contributed by atoms with Gasteiger partial charge < -0.3 is 4.74 Å². The van der Waals surface area contributed by atoms with Gasteiger partial charge in [0.25, 0.3) is 0 Å². The summed E-state index contributed by atoms with van der Waals surface area (Å²) in [5.41, 5.74) is 0.955. The number of benzene rings is 2. The van der Waals surface area contributed by atoms with Crippen molar-refractivity contribution in [1.82, 2.24) is 0 Å². The van der Waals surface area contributed by atoms with Gasteiger partial charge in [-0.15, -0.1) is 0 Å². The van der Waals surface area contributed by atoms with Crippen molar-refractivity contribution in [3.05, 3.63) is 70.7 Å². The Hall–Kier alpha value is -2.73. The van der Waals surface area contributed by atoms with Crippen molar-refractivity contribution < 1.29 is 19.1 Å². The first-order valence-corrected chi connectivity index (χ1v) is 10.4. The maximum Gasteiger partial charge on any atom is 0.238 e. The van der Waals surface area contributed by atoms with E-state index in [0.29, 0.717) is 17.0 Å². The molecule has 146 valence electrons. The first-order chi connectivity index (χ1) is 14.0. The number of hydrogen-bond acceptors (Lipinski definition) is 4. The Balaban J connectivity index is 1.38. The van der Waals surface area contributed by atoms with E-state index in [1.807, 2.05) is 0 Å². The number of ether oxygens (including phenoxy) is 1. The average Bonchev–Trinajstić information content (AvgIpc) is 3.41. The van der Waals surface area contributed by atoms with Crippen LogP contribution in [0.25, 0.3) is 0 Å². The molecule has 0 spiro atoms. The van der Waals surface area contributed by atoms with Gasteiger partial charge in [-0.2, -0.15) is 0 Å². The fourth-order valence-corrected chi connectivity index (χ4v) is 5.03. The van der Waals surface area contributed by atoms with Crippen molar-refractivity contribution in [2.75, 3.05) is 11.5 Å². The number of nitrogens with zero attached hydrogens (tertiary/aromatic N) is 1.